The number of ether oxygens (including phenoxy) is 1. The number of hydrogen-bond donors (Lipinski definition) is 2. The highest BCUT2D eigenvalue weighted by molar-refractivity contribution is 7.98. The third-order valence-corrected chi connectivity index (χ3v) is 3.21. The van der Waals surface area contributed by atoms with Crippen molar-refractivity contribution in [1.29, 1.82) is 5.41 Å². The van der Waals surface area contributed by atoms with Gasteiger partial charge in [0.05, 0.1) is 6.61 Å². The van der Waals surface area contributed by atoms with Crippen molar-refractivity contribution in [2.45, 2.75) is 20.3 Å². The van der Waals surface area contributed by atoms with Crippen LogP contribution in [-0.2, 0) is 0 Å². The predicted molar refractivity (Wildman–Crippen MR) is 75.4 cm³/mol. The Hall–Kier alpha value is -1.16. The number of rotatable bonds is 6. The van der Waals surface area contributed by atoms with Crippen molar-refractivity contribution in [3.8, 4) is 5.75 Å². The third kappa shape index (κ3) is 3.97. The topological polar surface area (TPSA) is 59.1 Å². The number of benzene rings is 1. The molecular weight excluding hydrogens is 232 g/mol. The fraction of sp³-hybridized carbons (Fsp3) is 0.462. The second-order valence-corrected chi connectivity index (χ2v) is 5.03. The van der Waals surface area contributed by atoms with Crippen molar-refractivity contribution in [2.75, 3.05) is 18.6 Å². The van der Waals surface area contributed by atoms with Crippen LogP contribution in [0.3, 0.4) is 0 Å². The number of nitrogens with two attached hydrogens (primary N) is 1. The van der Waals surface area contributed by atoms with E-state index in [1.165, 1.54) is 0 Å². The van der Waals surface area contributed by atoms with Gasteiger partial charge in [-0.25, -0.2) is 0 Å². The Labute approximate surface area is 107 Å². The normalized spacial score (nSPS) is 10.3. The van der Waals surface area contributed by atoms with Crippen molar-refractivity contribution < 1.29 is 4.74 Å². The molecule has 0 saturated carbocycles. The van der Waals surface area contributed by atoms with Gasteiger partial charge in [-0.1, -0.05) is 0 Å². The minimum Gasteiger partial charge on any atom is -0.493 e. The van der Waals surface area contributed by atoms with Crippen molar-refractivity contribution in [3.63, 3.8) is 0 Å². The molecule has 0 radical (unpaired) electrons. The Balaban J connectivity index is 2.76. The highest BCUT2D eigenvalue weighted by Crippen LogP contribution is 2.24. The van der Waals surface area contributed by atoms with Crippen molar-refractivity contribution in [1.82, 2.24) is 0 Å². The lowest BCUT2D eigenvalue weighted by atomic mass is 10.1. The molecule has 0 bridgehead atoms. The van der Waals surface area contributed by atoms with Gasteiger partial charge in [-0.3, -0.25) is 5.41 Å². The van der Waals surface area contributed by atoms with Gasteiger partial charge < -0.3 is 10.5 Å². The van der Waals surface area contributed by atoms with Crippen LogP contribution in [0.15, 0.2) is 12.1 Å². The number of nitrogen functional groups attached to an aromatic ring is 1. The fourth-order valence-electron chi connectivity index (χ4n) is 1.71. The van der Waals surface area contributed by atoms with Crippen LogP contribution in [-0.4, -0.2) is 24.5 Å². The molecule has 4 heteroatoms. The van der Waals surface area contributed by atoms with E-state index in [1.807, 2.05) is 37.7 Å². The Morgan fingerprint density at radius 3 is 2.41 bits per heavy atom. The molecule has 1 aromatic rings. The molecule has 0 unspecified atom stereocenters. The van der Waals surface area contributed by atoms with Crippen LogP contribution in [0, 0.1) is 19.3 Å². The summed E-state index contributed by atoms with van der Waals surface area (Å²) < 4.78 is 5.78. The number of nitrogens with one attached hydrogen (secondary N) is 1. The first-order valence-electron chi connectivity index (χ1n) is 5.63. The number of aryl methyl sites for hydroxylation is 2. The fourth-order valence-corrected chi connectivity index (χ4v) is 2.12. The van der Waals surface area contributed by atoms with Crippen molar-refractivity contribution >= 4 is 17.6 Å². The monoisotopic (exact) mass is 252 g/mol. The van der Waals surface area contributed by atoms with Crippen LogP contribution in [0.1, 0.15) is 23.1 Å². The van der Waals surface area contributed by atoms with Gasteiger partial charge in [0, 0.05) is 5.56 Å². The van der Waals surface area contributed by atoms with Gasteiger partial charge in [-0.15, -0.1) is 0 Å². The first-order valence-corrected chi connectivity index (χ1v) is 7.03. The molecule has 17 heavy (non-hydrogen) atoms. The quantitative estimate of drug-likeness (QED) is 0.465. The summed E-state index contributed by atoms with van der Waals surface area (Å²) in [5, 5.41) is 7.43. The number of thioether (sulfide) groups is 1. The van der Waals surface area contributed by atoms with Gasteiger partial charge in [-0.05, 0) is 55.5 Å². The maximum Gasteiger partial charge on any atom is 0.125 e. The van der Waals surface area contributed by atoms with Crippen LogP contribution in [0.4, 0.5) is 0 Å². The summed E-state index contributed by atoms with van der Waals surface area (Å²) in [6, 6.07) is 3.80. The van der Waals surface area contributed by atoms with Crippen molar-refractivity contribution in [3.05, 3.63) is 28.8 Å². The van der Waals surface area contributed by atoms with Crippen LogP contribution in [0.25, 0.3) is 0 Å². The summed E-state index contributed by atoms with van der Waals surface area (Å²) in [5.74, 6) is 2.14. The average Bonchev–Trinajstić information content (AvgIpc) is 2.26. The molecule has 0 fully saturated rings. The zero-order chi connectivity index (χ0) is 12.8. The van der Waals surface area contributed by atoms with Crippen LogP contribution < -0.4 is 10.5 Å². The van der Waals surface area contributed by atoms with E-state index in [9.17, 15) is 0 Å². The number of hydrogen-bond acceptors (Lipinski definition) is 3. The largest absolute Gasteiger partial charge is 0.493 e. The van der Waals surface area contributed by atoms with E-state index in [0.29, 0.717) is 0 Å². The first kappa shape index (κ1) is 13.9. The minimum absolute atomic E-state index is 0.102. The summed E-state index contributed by atoms with van der Waals surface area (Å²) in [5.41, 5.74) is 8.32. The van der Waals surface area contributed by atoms with E-state index in [4.69, 9.17) is 15.9 Å². The molecule has 0 spiro atoms. The van der Waals surface area contributed by atoms with E-state index in [1.54, 1.807) is 0 Å². The van der Waals surface area contributed by atoms with Gasteiger partial charge >= 0.3 is 0 Å². The van der Waals surface area contributed by atoms with E-state index in [0.717, 1.165) is 41.2 Å². The first-order chi connectivity index (χ1) is 8.06. The molecule has 1 aromatic carbocycles. The van der Waals surface area contributed by atoms with Gasteiger partial charge in [0.1, 0.15) is 11.6 Å². The second-order valence-electron chi connectivity index (χ2n) is 4.05. The number of amidine groups is 1. The van der Waals surface area contributed by atoms with Crippen LogP contribution >= 0.6 is 11.8 Å². The SMILES string of the molecule is CSCCCOc1c(C)cc(C(=N)N)cc1C. The molecule has 94 valence electrons. The maximum absolute atomic E-state index is 7.43. The van der Waals surface area contributed by atoms with E-state index in [2.05, 4.69) is 6.26 Å². The predicted octanol–water partition coefficient (Wildman–Crippen LogP) is 2.72. The Morgan fingerprint density at radius 2 is 1.94 bits per heavy atom. The molecule has 0 aliphatic heterocycles. The summed E-state index contributed by atoms with van der Waals surface area (Å²) in [6.07, 6.45) is 3.15. The zero-order valence-corrected chi connectivity index (χ0v) is 11.5. The Kier molecular flexibility index (Phi) is 5.35. The highest BCUT2D eigenvalue weighted by atomic mass is 32.2. The molecule has 0 aliphatic carbocycles. The lowest BCUT2D eigenvalue weighted by Crippen LogP contribution is -2.12. The third-order valence-electron chi connectivity index (χ3n) is 2.51. The van der Waals surface area contributed by atoms with E-state index >= 15 is 0 Å². The lowest BCUT2D eigenvalue weighted by molar-refractivity contribution is 0.314. The lowest BCUT2D eigenvalue weighted by Gasteiger charge is -2.13. The molecule has 0 atom stereocenters. The zero-order valence-electron chi connectivity index (χ0n) is 10.7. The molecule has 0 aliphatic rings. The summed E-state index contributed by atoms with van der Waals surface area (Å²) >= 11 is 1.83. The molecule has 3 nitrogen and oxygen atoms in total. The Morgan fingerprint density at radius 1 is 1.35 bits per heavy atom. The highest BCUT2D eigenvalue weighted by Gasteiger charge is 2.07. The Bertz CT molecular complexity index is 381. The minimum atomic E-state index is 0.102. The van der Waals surface area contributed by atoms with Crippen molar-refractivity contribution in [2.24, 2.45) is 5.73 Å². The summed E-state index contributed by atoms with van der Waals surface area (Å²) in [6.45, 7) is 4.72. The smallest absolute Gasteiger partial charge is 0.125 e. The van der Waals surface area contributed by atoms with Crippen LogP contribution in [0.2, 0.25) is 0 Å². The van der Waals surface area contributed by atoms with Gasteiger partial charge in [-0.2, -0.15) is 11.8 Å². The van der Waals surface area contributed by atoms with Gasteiger partial charge in [0.25, 0.3) is 0 Å². The summed E-state index contributed by atoms with van der Waals surface area (Å²) in [7, 11) is 0. The van der Waals surface area contributed by atoms with E-state index in [-0.39, 0.29) is 5.84 Å². The molecular formula is C13H20N2OS. The van der Waals surface area contributed by atoms with Crippen LogP contribution in [0.5, 0.6) is 5.75 Å². The summed E-state index contributed by atoms with van der Waals surface area (Å²) in [4.78, 5) is 0. The molecule has 0 saturated heterocycles. The second kappa shape index (κ2) is 6.55. The van der Waals surface area contributed by atoms with Gasteiger partial charge in [0.15, 0.2) is 0 Å². The van der Waals surface area contributed by atoms with E-state index < -0.39 is 0 Å². The standard InChI is InChI=1S/C13H20N2OS/c1-9-7-11(13(14)15)8-10(2)12(9)16-5-4-6-17-3/h7-8H,4-6H2,1-3H3,(H3,14,15). The average molecular weight is 252 g/mol. The molecule has 1 rings (SSSR count). The molecule has 0 heterocycles. The molecule has 3 N–H and O–H groups in total. The maximum atomic E-state index is 7.43. The molecule has 0 amide bonds. The molecule has 0 aromatic heterocycles. The van der Waals surface area contributed by atoms with Gasteiger partial charge in [0.2, 0.25) is 0 Å².